The van der Waals surface area contributed by atoms with Gasteiger partial charge in [0.2, 0.25) is 0 Å². The molecular weight excluding hydrogens is 691 g/mol. The number of hydrogen-bond donors (Lipinski definition) is 0. The lowest BCUT2D eigenvalue weighted by atomic mass is 10.1. The highest BCUT2D eigenvalue weighted by Crippen LogP contribution is 2.13. The summed E-state index contributed by atoms with van der Waals surface area (Å²) in [5, 5.41) is 11.6. The number of rotatable bonds is 37. The summed E-state index contributed by atoms with van der Waals surface area (Å²) in [6.45, 7) is 4.37. The molecule has 55 heavy (non-hydrogen) atoms. The number of ether oxygens (including phenoxy) is 3. The second kappa shape index (κ2) is 37.7. The molecule has 0 rings (SSSR count). The van der Waals surface area contributed by atoms with Gasteiger partial charge in [0.1, 0.15) is 12.6 Å². The number of carboxylic acids is 1. The number of aliphatic carboxylic acids is 1. The minimum absolute atomic E-state index is 0.0227. The normalized spacial score (nSPS) is 13.7. The largest absolute Gasteiger partial charge is 0.544 e. The van der Waals surface area contributed by atoms with Crippen molar-refractivity contribution in [3.8, 4) is 0 Å². The van der Waals surface area contributed by atoms with Gasteiger partial charge in [0, 0.05) is 19.3 Å². The highest BCUT2D eigenvalue weighted by atomic mass is 16.6. The molecule has 8 nitrogen and oxygen atoms in total. The maximum atomic E-state index is 12.7. The van der Waals surface area contributed by atoms with Gasteiger partial charge in [-0.1, -0.05) is 132 Å². The summed E-state index contributed by atoms with van der Waals surface area (Å²) in [5.74, 6) is -1.80. The Morgan fingerprint density at radius 1 is 0.545 bits per heavy atom. The van der Waals surface area contributed by atoms with Crippen molar-refractivity contribution in [2.24, 2.45) is 0 Å². The van der Waals surface area contributed by atoms with Gasteiger partial charge in [-0.25, -0.2) is 0 Å². The summed E-state index contributed by atoms with van der Waals surface area (Å²) in [7, 11) is 5.38. The summed E-state index contributed by atoms with van der Waals surface area (Å²) in [4.78, 5) is 36.8. The highest BCUT2D eigenvalue weighted by Gasteiger charge is 2.25. The maximum absolute atomic E-state index is 12.7. The summed E-state index contributed by atoms with van der Waals surface area (Å²) in [5.41, 5.74) is 0. The van der Waals surface area contributed by atoms with E-state index < -0.39 is 18.1 Å². The zero-order chi connectivity index (χ0) is 40.7. The molecule has 0 spiro atoms. The van der Waals surface area contributed by atoms with Crippen LogP contribution in [0.5, 0.6) is 0 Å². The first-order valence-electron chi connectivity index (χ1n) is 21.5. The lowest BCUT2D eigenvalue weighted by Gasteiger charge is -2.34. The van der Waals surface area contributed by atoms with Crippen LogP contribution in [0.3, 0.4) is 0 Å². The zero-order valence-electron chi connectivity index (χ0n) is 35.6. The summed E-state index contributed by atoms with van der Waals surface area (Å²) in [6, 6.07) is -0.735. The van der Waals surface area contributed by atoms with Crippen molar-refractivity contribution in [1.29, 1.82) is 0 Å². The molecule has 314 valence electrons. The Hall–Kier alpha value is -3.23. The monoisotopic (exact) mass is 770 g/mol. The number of hydrogen-bond acceptors (Lipinski definition) is 7. The van der Waals surface area contributed by atoms with E-state index in [1.165, 1.54) is 38.5 Å². The van der Waals surface area contributed by atoms with Gasteiger partial charge in [0.05, 0.1) is 40.3 Å². The van der Waals surface area contributed by atoms with Gasteiger partial charge in [-0.2, -0.15) is 0 Å². The van der Waals surface area contributed by atoms with Crippen molar-refractivity contribution in [1.82, 2.24) is 0 Å². The molecule has 0 bridgehead atoms. The van der Waals surface area contributed by atoms with Crippen molar-refractivity contribution < 1.29 is 38.2 Å². The Morgan fingerprint density at radius 2 is 0.964 bits per heavy atom. The molecule has 0 aromatic rings. The van der Waals surface area contributed by atoms with Gasteiger partial charge in [-0.15, -0.1) is 0 Å². The lowest BCUT2D eigenvalue weighted by Crippen LogP contribution is -2.55. The molecule has 0 aliphatic heterocycles. The summed E-state index contributed by atoms with van der Waals surface area (Å²) in [6.07, 6.45) is 46.5. The smallest absolute Gasteiger partial charge is 0.306 e. The molecule has 0 aromatic carbocycles. The molecule has 0 fully saturated rings. The van der Waals surface area contributed by atoms with E-state index in [1.807, 2.05) is 0 Å². The first-order valence-corrected chi connectivity index (χ1v) is 21.5. The van der Waals surface area contributed by atoms with Crippen molar-refractivity contribution in [2.45, 2.75) is 167 Å². The molecule has 2 atom stereocenters. The fourth-order valence-corrected chi connectivity index (χ4v) is 5.80. The molecule has 8 heteroatoms. The first kappa shape index (κ1) is 51.8. The molecule has 0 heterocycles. The van der Waals surface area contributed by atoms with E-state index in [1.54, 1.807) is 21.1 Å². The number of carbonyl (C=O) groups excluding carboxylic acids is 3. The van der Waals surface area contributed by atoms with Crippen molar-refractivity contribution in [2.75, 3.05) is 41.0 Å². The van der Waals surface area contributed by atoms with E-state index >= 15 is 0 Å². The second-order valence-corrected chi connectivity index (χ2v) is 15.2. The third-order valence-electron chi connectivity index (χ3n) is 9.09. The summed E-state index contributed by atoms with van der Waals surface area (Å²) < 4.78 is 17.1. The van der Waals surface area contributed by atoms with Crippen LogP contribution in [-0.4, -0.2) is 75.5 Å². The molecule has 0 radical (unpaired) electrons. The fraction of sp³-hybridized carbons (Fsp3) is 0.681. The van der Waals surface area contributed by atoms with Crippen LogP contribution in [0.15, 0.2) is 72.9 Å². The van der Waals surface area contributed by atoms with Gasteiger partial charge < -0.3 is 28.6 Å². The van der Waals surface area contributed by atoms with E-state index in [2.05, 4.69) is 86.8 Å². The van der Waals surface area contributed by atoms with Crippen LogP contribution < -0.4 is 5.11 Å². The van der Waals surface area contributed by atoms with Crippen molar-refractivity contribution in [3.63, 3.8) is 0 Å². The Morgan fingerprint density at radius 3 is 1.45 bits per heavy atom. The predicted molar refractivity (Wildman–Crippen MR) is 226 cm³/mol. The minimum Gasteiger partial charge on any atom is -0.544 e. The molecule has 0 aliphatic carbocycles. The van der Waals surface area contributed by atoms with Gasteiger partial charge in [0.15, 0.2) is 6.10 Å². The molecule has 0 amide bonds. The molecule has 2 unspecified atom stereocenters. The number of carbonyl (C=O) groups is 3. The third kappa shape index (κ3) is 36.2. The number of esters is 2. The van der Waals surface area contributed by atoms with E-state index in [0.717, 1.165) is 77.0 Å². The topological polar surface area (TPSA) is 102 Å². The average molecular weight is 770 g/mol. The number of carboxylic acid groups (broad SMARTS) is 1. The number of nitrogens with zero attached hydrogens (tertiary/aromatic N) is 1. The Bertz CT molecular complexity index is 1130. The molecule has 0 aliphatic rings. The van der Waals surface area contributed by atoms with Crippen LogP contribution in [-0.2, 0) is 28.6 Å². The van der Waals surface area contributed by atoms with Crippen LogP contribution in [0.1, 0.15) is 155 Å². The molecule has 0 N–H and O–H groups in total. The number of quaternary nitrogens is 1. The summed E-state index contributed by atoms with van der Waals surface area (Å²) >= 11 is 0. The molecule has 0 saturated heterocycles. The first-order chi connectivity index (χ1) is 26.6. The van der Waals surface area contributed by atoms with Crippen LogP contribution in [0, 0.1) is 0 Å². The number of likely N-dealkylation sites (N-methyl/N-ethyl adjacent to an activating group) is 1. The van der Waals surface area contributed by atoms with E-state index in [-0.39, 0.29) is 42.7 Å². The molecular formula is C47H79NO7. The third-order valence-corrected chi connectivity index (χ3v) is 9.09. The van der Waals surface area contributed by atoms with E-state index in [4.69, 9.17) is 14.2 Å². The van der Waals surface area contributed by atoms with Crippen LogP contribution in [0.4, 0.5) is 0 Å². The average Bonchev–Trinajstić information content (AvgIpc) is 3.14. The predicted octanol–water partition coefficient (Wildman–Crippen LogP) is 10.2. The molecule has 0 aromatic heterocycles. The zero-order valence-corrected chi connectivity index (χ0v) is 35.6. The van der Waals surface area contributed by atoms with Gasteiger partial charge >= 0.3 is 11.9 Å². The standard InChI is InChI=1S/C47H79NO7/c1-6-8-10-12-14-16-18-20-21-22-23-24-25-26-28-30-32-34-36-38-46(50)55-43(41-53-40-39-44(47(51)52)48(3,4)5)42-54-45(49)37-35-33-31-29-27-19-17-15-13-11-9-7-2/h8-11,14-17,20-21,27,29,43-44H,6-7,12-13,18-19,22-26,28,30-42H2,1-5H3/b10-8+,11-9+,16-14+,17-15+,21-20+,29-27+. The lowest BCUT2D eigenvalue weighted by molar-refractivity contribution is -0.889. The van der Waals surface area contributed by atoms with Crippen molar-refractivity contribution in [3.05, 3.63) is 72.9 Å². The Balaban J connectivity index is 4.38. The Kier molecular flexibility index (Phi) is 35.5. The quantitative estimate of drug-likeness (QED) is 0.0268. The number of unbranched alkanes of at least 4 members (excludes halogenated alkanes) is 11. The second-order valence-electron chi connectivity index (χ2n) is 15.2. The number of allylic oxidation sites excluding steroid dienone is 12. The Labute approximate surface area is 336 Å². The highest BCUT2D eigenvalue weighted by molar-refractivity contribution is 5.70. The van der Waals surface area contributed by atoms with E-state index in [0.29, 0.717) is 19.3 Å². The van der Waals surface area contributed by atoms with E-state index in [9.17, 15) is 19.5 Å². The van der Waals surface area contributed by atoms with Crippen LogP contribution in [0.25, 0.3) is 0 Å². The van der Waals surface area contributed by atoms with Gasteiger partial charge in [-0.05, 0) is 77.0 Å². The molecule has 0 saturated carbocycles. The van der Waals surface area contributed by atoms with Crippen LogP contribution >= 0.6 is 0 Å². The fourth-order valence-electron chi connectivity index (χ4n) is 5.80. The van der Waals surface area contributed by atoms with Crippen molar-refractivity contribution >= 4 is 17.9 Å². The van der Waals surface area contributed by atoms with Crippen LogP contribution in [0.2, 0.25) is 0 Å². The minimum atomic E-state index is -1.13. The van der Waals surface area contributed by atoms with Gasteiger partial charge in [0.25, 0.3) is 0 Å². The SMILES string of the molecule is CC/C=C/C/C=C/C/C=C/CCCCCCCCCCCC(=O)OC(COCCC(C(=O)[O-])[N+](C)(C)C)COC(=O)CCCC/C=C/C/C=C/C/C=C/CC. The maximum Gasteiger partial charge on any atom is 0.306 e. The van der Waals surface area contributed by atoms with Gasteiger partial charge in [-0.3, -0.25) is 9.59 Å².